The van der Waals surface area contributed by atoms with Crippen molar-refractivity contribution in [2.24, 2.45) is 0 Å². The van der Waals surface area contributed by atoms with Crippen molar-refractivity contribution < 1.29 is 9.47 Å². The zero-order chi connectivity index (χ0) is 13.7. The van der Waals surface area contributed by atoms with Crippen LogP contribution in [0.1, 0.15) is 24.8 Å². The second-order valence-corrected chi connectivity index (χ2v) is 4.93. The lowest BCUT2D eigenvalue weighted by Crippen LogP contribution is -2.19. The largest absolute Gasteiger partial charge is 0.493 e. The summed E-state index contributed by atoms with van der Waals surface area (Å²) < 4.78 is 11.2. The van der Waals surface area contributed by atoms with Crippen LogP contribution in [0.5, 0.6) is 11.5 Å². The van der Waals surface area contributed by atoms with Gasteiger partial charge in [0, 0.05) is 6.07 Å². The fraction of sp³-hybridized carbons (Fsp3) is 0.500. The van der Waals surface area contributed by atoms with Crippen molar-refractivity contribution in [3.8, 4) is 17.6 Å². The zero-order valence-corrected chi connectivity index (χ0v) is 11.7. The molecule has 0 aromatic heterocycles. The Hall–Kier alpha value is -1.44. The molecule has 0 spiro atoms. The Morgan fingerprint density at radius 3 is 2.95 bits per heavy atom. The van der Waals surface area contributed by atoms with Gasteiger partial charge >= 0.3 is 0 Å². The average Bonchev–Trinajstić information content (AvgIpc) is 2.69. The van der Waals surface area contributed by atoms with E-state index >= 15 is 0 Å². The summed E-state index contributed by atoms with van der Waals surface area (Å²) in [5.41, 5.74) is 0.469. The molecule has 1 fully saturated rings. The van der Waals surface area contributed by atoms with Crippen molar-refractivity contribution >= 4 is 11.6 Å². The van der Waals surface area contributed by atoms with Crippen LogP contribution in [0.15, 0.2) is 12.1 Å². The Balaban J connectivity index is 2.21. The lowest BCUT2D eigenvalue weighted by atomic mass is 10.1. The molecule has 1 N–H and O–H groups in total. The van der Waals surface area contributed by atoms with Gasteiger partial charge in [-0.3, -0.25) is 0 Å². The number of methoxy groups -OCH3 is 1. The average molecular weight is 281 g/mol. The third-order valence-electron chi connectivity index (χ3n) is 3.17. The van der Waals surface area contributed by atoms with Crippen molar-refractivity contribution in [2.45, 2.75) is 25.4 Å². The SMILES string of the molecule is COc1cc(C#N)cc(Cl)c1OC1CCCNCC1. The highest BCUT2D eigenvalue weighted by Crippen LogP contribution is 2.37. The van der Waals surface area contributed by atoms with Gasteiger partial charge in [0.15, 0.2) is 11.5 Å². The van der Waals surface area contributed by atoms with Crippen molar-refractivity contribution in [3.05, 3.63) is 22.7 Å². The van der Waals surface area contributed by atoms with E-state index < -0.39 is 0 Å². The first kappa shape index (κ1) is 14.0. The molecule has 19 heavy (non-hydrogen) atoms. The van der Waals surface area contributed by atoms with E-state index in [0.717, 1.165) is 32.4 Å². The molecule has 1 unspecified atom stereocenters. The van der Waals surface area contributed by atoms with Gasteiger partial charge in [0.1, 0.15) is 6.10 Å². The number of ether oxygens (including phenoxy) is 2. The molecule has 1 aliphatic heterocycles. The number of halogens is 1. The third-order valence-corrected chi connectivity index (χ3v) is 3.45. The summed E-state index contributed by atoms with van der Waals surface area (Å²) in [5.74, 6) is 1.05. The molecule has 0 saturated carbocycles. The Bertz CT molecular complexity index is 477. The normalized spacial score (nSPS) is 19.3. The van der Waals surface area contributed by atoms with Gasteiger partial charge in [-0.2, -0.15) is 5.26 Å². The monoisotopic (exact) mass is 280 g/mol. The summed E-state index contributed by atoms with van der Waals surface area (Å²) >= 11 is 6.18. The summed E-state index contributed by atoms with van der Waals surface area (Å²) in [5, 5.41) is 12.7. The minimum absolute atomic E-state index is 0.134. The molecule has 0 radical (unpaired) electrons. The molecular weight excluding hydrogens is 264 g/mol. The molecule has 1 atom stereocenters. The molecule has 4 nitrogen and oxygen atoms in total. The predicted molar refractivity (Wildman–Crippen MR) is 73.9 cm³/mol. The molecule has 0 amide bonds. The van der Waals surface area contributed by atoms with Crippen LogP contribution in [0.2, 0.25) is 5.02 Å². The number of nitrogens with zero attached hydrogens (tertiary/aromatic N) is 1. The van der Waals surface area contributed by atoms with Crippen molar-refractivity contribution in [1.82, 2.24) is 5.32 Å². The molecule has 0 aliphatic carbocycles. The van der Waals surface area contributed by atoms with Crippen LogP contribution in [-0.2, 0) is 0 Å². The van der Waals surface area contributed by atoms with Gasteiger partial charge in [0.05, 0.1) is 23.8 Å². The minimum atomic E-state index is 0.134. The smallest absolute Gasteiger partial charge is 0.180 e. The Labute approximate surface area is 118 Å². The lowest BCUT2D eigenvalue weighted by Gasteiger charge is -2.19. The van der Waals surface area contributed by atoms with Crippen molar-refractivity contribution in [1.29, 1.82) is 5.26 Å². The molecule has 2 rings (SSSR count). The molecule has 1 aromatic carbocycles. The fourth-order valence-corrected chi connectivity index (χ4v) is 2.43. The summed E-state index contributed by atoms with van der Waals surface area (Å²) in [6.07, 6.45) is 3.15. The van der Waals surface area contributed by atoms with Crippen LogP contribution in [0.25, 0.3) is 0 Å². The van der Waals surface area contributed by atoms with Gasteiger partial charge in [-0.1, -0.05) is 11.6 Å². The molecule has 102 valence electrons. The van der Waals surface area contributed by atoms with Gasteiger partial charge in [0.2, 0.25) is 0 Å². The zero-order valence-electron chi connectivity index (χ0n) is 10.9. The van der Waals surface area contributed by atoms with E-state index in [9.17, 15) is 0 Å². The molecule has 1 heterocycles. The number of nitrogens with one attached hydrogen (secondary N) is 1. The quantitative estimate of drug-likeness (QED) is 0.925. The van der Waals surface area contributed by atoms with Gasteiger partial charge in [0.25, 0.3) is 0 Å². The summed E-state index contributed by atoms with van der Waals surface area (Å²) in [6, 6.07) is 5.31. The highest BCUT2D eigenvalue weighted by molar-refractivity contribution is 6.32. The van der Waals surface area contributed by atoms with Crippen molar-refractivity contribution in [2.75, 3.05) is 20.2 Å². The number of hydrogen-bond donors (Lipinski definition) is 1. The van der Waals surface area contributed by atoms with E-state index in [-0.39, 0.29) is 6.10 Å². The first-order valence-electron chi connectivity index (χ1n) is 6.39. The predicted octanol–water partition coefficient (Wildman–Crippen LogP) is 2.74. The van der Waals surface area contributed by atoms with Crippen LogP contribution in [0.4, 0.5) is 0 Å². The van der Waals surface area contributed by atoms with Gasteiger partial charge < -0.3 is 14.8 Å². The van der Waals surface area contributed by atoms with E-state index in [1.54, 1.807) is 19.2 Å². The third kappa shape index (κ3) is 3.52. The maximum atomic E-state index is 8.92. The van der Waals surface area contributed by atoms with Crippen LogP contribution >= 0.6 is 11.6 Å². The Morgan fingerprint density at radius 2 is 2.21 bits per heavy atom. The first-order chi connectivity index (χ1) is 9.24. The maximum absolute atomic E-state index is 8.92. The molecule has 0 bridgehead atoms. The van der Waals surface area contributed by atoms with Crippen LogP contribution in [0, 0.1) is 11.3 Å². The standard InChI is InChI=1S/C14H17ClN2O2/c1-18-13-8-10(9-16)7-12(15)14(13)19-11-3-2-5-17-6-4-11/h7-8,11,17H,2-6H2,1H3. The van der Waals surface area contributed by atoms with Gasteiger partial charge in [-0.05, 0) is 38.4 Å². The van der Waals surface area contributed by atoms with E-state index in [4.69, 9.17) is 26.3 Å². The van der Waals surface area contributed by atoms with Crippen LogP contribution in [0.3, 0.4) is 0 Å². The summed E-state index contributed by atoms with van der Waals surface area (Å²) in [4.78, 5) is 0. The number of nitriles is 1. The van der Waals surface area contributed by atoms with Crippen LogP contribution < -0.4 is 14.8 Å². The molecule has 5 heteroatoms. The minimum Gasteiger partial charge on any atom is -0.493 e. The summed E-state index contributed by atoms with van der Waals surface area (Å²) in [7, 11) is 1.55. The Kier molecular flexibility index (Phi) is 4.89. The lowest BCUT2D eigenvalue weighted by molar-refractivity contribution is 0.180. The topological polar surface area (TPSA) is 54.3 Å². The fourth-order valence-electron chi connectivity index (χ4n) is 2.17. The second kappa shape index (κ2) is 6.65. The first-order valence-corrected chi connectivity index (χ1v) is 6.77. The second-order valence-electron chi connectivity index (χ2n) is 4.52. The van der Waals surface area contributed by atoms with E-state index in [0.29, 0.717) is 22.1 Å². The highest BCUT2D eigenvalue weighted by Gasteiger charge is 2.18. The summed E-state index contributed by atoms with van der Waals surface area (Å²) in [6.45, 7) is 1.97. The molecule has 1 aliphatic rings. The van der Waals surface area contributed by atoms with Crippen molar-refractivity contribution in [3.63, 3.8) is 0 Å². The van der Waals surface area contributed by atoms with Gasteiger partial charge in [-0.25, -0.2) is 0 Å². The Morgan fingerprint density at radius 1 is 1.37 bits per heavy atom. The van der Waals surface area contributed by atoms with E-state index in [2.05, 4.69) is 11.4 Å². The van der Waals surface area contributed by atoms with E-state index in [1.807, 2.05) is 0 Å². The number of hydrogen-bond acceptors (Lipinski definition) is 4. The number of rotatable bonds is 3. The van der Waals surface area contributed by atoms with Gasteiger partial charge in [-0.15, -0.1) is 0 Å². The number of benzene rings is 1. The van der Waals surface area contributed by atoms with E-state index in [1.165, 1.54) is 0 Å². The molecule has 1 saturated heterocycles. The maximum Gasteiger partial charge on any atom is 0.180 e. The highest BCUT2D eigenvalue weighted by atomic mass is 35.5. The molecule has 1 aromatic rings. The molecular formula is C14H17ClN2O2. The van der Waals surface area contributed by atoms with Crippen LogP contribution in [-0.4, -0.2) is 26.3 Å².